The molecule has 0 bridgehead atoms. The van der Waals surface area contributed by atoms with Crippen molar-refractivity contribution in [1.82, 2.24) is 19.6 Å². The van der Waals surface area contributed by atoms with Crippen LogP contribution in [0, 0.1) is 45.3 Å². The van der Waals surface area contributed by atoms with Gasteiger partial charge in [-0.05, 0) is 154 Å². The fourth-order valence-corrected chi connectivity index (χ4v) is 16.5. The number of hydrogen-bond donors (Lipinski definition) is 1. The second kappa shape index (κ2) is 28.4. The summed E-state index contributed by atoms with van der Waals surface area (Å²) in [4.78, 5) is 84.2. The van der Waals surface area contributed by atoms with E-state index in [2.05, 4.69) is 24.3 Å². The third kappa shape index (κ3) is 14.8. The molecule has 0 radical (unpaired) electrons. The first-order valence-corrected chi connectivity index (χ1v) is 32.9. The number of nitriles is 4. The van der Waals surface area contributed by atoms with Crippen molar-refractivity contribution in [2.45, 2.75) is 178 Å². The number of hydrogen-bond acceptors (Lipinski definition) is 20. The summed E-state index contributed by atoms with van der Waals surface area (Å²) in [5.74, 6) is 1.10. The fraction of sp³-hybridized carbons (Fsp3) is 0.500. The Kier molecular flexibility index (Phi) is 22.7. The van der Waals surface area contributed by atoms with Gasteiger partial charge in [-0.1, -0.05) is 0 Å². The topological polar surface area (TPSA) is 358 Å². The van der Waals surface area contributed by atoms with E-state index in [1.807, 2.05) is 0 Å². The van der Waals surface area contributed by atoms with Crippen molar-refractivity contribution >= 4 is 39.3 Å². The minimum absolute atomic E-state index is 0. The summed E-state index contributed by atoms with van der Waals surface area (Å²) in [6.07, 6.45) is -1.26. The number of rotatable bonds is 12. The molecule has 4 aromatic rings. The Hall–Kier alpha value is -4.63. The van der Waals surface area contributed by atoms with Gasteiger partial charge in [-0.25, -0.2) is 4.57 Å². The molecule has 8 aliphatic heterocycles. The number of nitrogens with zero attached hydrogens (tertiary/aromatic N) is 8. The first-order valence-electron chi connectivity index (χ1n) is 30.0. The van der Waals surface area contributed by atoms with Gasteiger partial charge >= 0.3 is 111 Å². The van der Waals surface area contributed by atoms with Crippen molar-refractivity contribution in [3.63, 3.8) is 0 Å². The summed E-state index contributed by atoms with van der Waals surface area (Å²) < 4.78 is 77.1. The molecular formula is C64H70K2N8O17P2. The van der Waals surface area contributed by atoms with Gasteiger partial charge in [0.15, 0.2) is 0 Å². The molecule has 0 unspecified atom stereocenters. The van der Waals surface area contributed by atoms with Crippen LogP contribution < -0.4 is 127 Å². The van der Waals surface area contributed by atoms with Crippen molar-refractivity contribution in [2.24, 2.45) is 0 Å². The molecule has 8 aliphatic rings. The molecule has 0 saturated carbocycles. The molecule has 4 aromatic carbocycles. The number of fused-ring (bicyclic) bond motifs is 4. The predicted octanol–water partition coefficient (Wildman–Crippen LogP) is 2.54. The number of benzene rings is 4. The van der Waals surface area contributed by atoms with E-state index in [1.54, 1.807) is 148 Å². The number of likely N-dealkylation sites (tertiary alicyclic amines) is 4. The quantitative estimate of drug-likeness (QED) is 0.157. The van der Waals surface area contributed by atoms with Crippen LogP contribution in [0.5, 0.6) is 23.0 Å². The summed E-state index contributed by atoms with van der Waals surface area (Å²) in [6, 6.07) is 24.3. The Morgan fingerprint density at radius 2 is 0.656 bits per heavy atom. The van der Waals surface area contributed by atoms with Crippen LogP contribution in [0.3, 0.4) is 0 Å². The molecule has 4 saturated heterocycles. The van der Waals surface area contributed by atoms with Gasteiger partial charge in [0.1, 0.15) is 69.8 Å². The summed E-state index contributed by atoms with van der Waals surface area (Å²) in [6.45, 7) is 15.0. The number of ether oxygens (including phenoxy) is 4. The molecule has 0 spiro atoms. The van der Waals surface area contributed by atoms with Gasteiger partial charge in [-0.2, -0.15) is 21.0 Å². The number of phosphoric acid groups is 2. The molecule has 25 nitrogen and oxygen atoms in total. The summed E-state index contributed by atoms with van der Waals surface area (Å²) in [7, 11) is -10.3. The normalized spacial score (nSPS) is 25.9. The van der Waals surface area contributed by atoms with E-state index in [9.17, 15) is 59.1 Å². The summed E-state index contributed by atoms with van der Waals surface area (Å²) in [5, 5.41) is 38.4. The SMILES string of the molecule is CC1(C)Oc2ccc(C#N)cc2[C@@H](N2CCCC2=O)[C@@H]1OP(=O)(O)O[C@H]1[C@H](N2CCCC2=O)c2cc(C#N)ccc2OC1(C)C.CC1(C)Oc2ccc(C#N)cc2[C@@H](N2CCCC2=O)[C@@H]1OP(=O)([O-])O[C@H]1[C@H](N2CCCC2=O)c2cc(C#N)ccc2OC1(C)C.[K+].[K+].[OH-]. The molecule has 93 heavy (non-hydrogen) atoms. The molecule has 4 fully saturated rings. The zero-order valence-corrected chi connectivity index (χ0v) is 61.6. The van der Waals surface area contributed by atoms with Crippen LogP contribution in [0.4, 0.5) is 0 Å². The van der Waals surface area contributed by atoms with Gasteiger partial charge in [-0.3, -0.25) is 32.8 Å². The van der Waals surface area contributed by atoms with Crippen molar-refractivity contribution in [2.75, 3.05) is 26.2 Å². The Bertz CT molecular complexity index is 3410. The van der Waals surface area contributed by atoms with E-state index < -0.39 is 86.6 Å². The molecule has 0 aromatic heterocycles. The first kappa shape index (κ1) is 74.2. The maximum atomic E-state index is 14.2. The fourth-order valence-electron chi connectivity index (χ4n) is 13.8. The number of amides is 4. The van der Waals surface area contributed by atoms with Crippen LogP contribution >= 0.6 is 15.6 Å². The van der Waals surface area contributed by atoms with Crippen molar-refractivity contribution in [3.8, 4) is 47.3 Å². The maximum absolute atomic E-state index is 14.2. The zero-order valence-electron chi connectivity index (χ0n) is 53.5. The third-order valence-corrected chi connectivity index (χ3v) is 19.9. The monoisotopic (exact) mass is 1360 g/mol. The van der Waals surface area contributed by atoms with Crippen LogP contribution in [-0.4, -0.2) is 127 Å². The standard InChI is InChI=1S/2C32H35N4O8P.2K.H2O/c2*1-31(2)29(27(35-13-5-7-25(35)37)21-15-19(17-33)9-11-23(21)41-31)43-45(39,40)44-30-28(36-14-6-8-26(36)38)22-16-20(18-34)10-12-24(22)42-32(30,3)4;;;/h2*9-12,15-16,27-30H,5-8,13-14H2,1-4H3,(H,39,40);;;1H2/q;;2*+1;/p-2/t2*27-,28-,29+,30+;;;/m11.../s1. The van der Waals surface area contributed by atoms with E-state index in [1.165, 1.54) is 0 Å². The molecule has 2 N–H and O–H groups in total. The number of carbonyl (C=O) groups excluding carboxylic acids is 4. The predicted molar refractivity (Wildman–Crippen MR) is 317 cm³/mol. The van der Waals surface area contributed by atoms with Gasteiger partial charge < -0.3 is 62.9 Å². The van der Waals surface area contributed by atoms with E-state index in [0.29, 0.717) is 145 Å². The molecule has 8 heterocycles. The van der Waals surface area contributed by atoms with E-state index >= 15 is 0 Å². The van der Waals surface area contributed by atoms with Gasteiger partial charge in [-0.15, -0.1) is 0 Å². The molecule has 8 atom stereocenters. The van der Waals surface area contributed by atoms with Crippen molar-refractivity contribution < 1.29 is 183 Å². The van der Waals surface area contributed by atoms with Crippen LogP contribution in [0.25, 0.3) is 0 Å². The van der Waals surface area contributed by atoms with Crippen molar-refractivity contribution in [1.29, 1.82) is 21.0 Å². The minimum atomic E-state index is -5.26. The first-order chi connectivity index (χ1) is 42.5. The molecule has 29 heteroatoms. The Balaban J connectivity index is 0.000000231. The molecular weight excluding hydrogens is 1290 g/mol. The van der Waals surface area contributed by atoms with Crippen molar-refractivity contribution in [3.05, 3.63) is 117 Å². The molecule has 0 aliphatic carbocycles. The van der Waals surface area contributed by atoms with Gasteiger partial charge in [0.05, 0.1) is 70.7 Å². The van der Waals surface area contributed by atoms with E-state index in [-0.39, 0.29) is 132 Å². The van der Waals surface area contributed by atoms with Crippen LogP contribution in [0.15, 0.2) is 72.8 Å². The number of carbonyl (C=O) groups is 4. The Labute approximate surface area is 624 Å². The summed E-state index contributed by atoms with van der Waals surface area (Å²) in [5.41, 5.74) is -1.70. The largest absolute Gasteiger partial charge is 1.00 e. The molecule has 12 rings (SSSR count). The van der Waals surface area contributed by atoms with E-state index in [4.69, 9.17) is 37.0 Å². The van der Waals surface area contributed by atoms with Gasteiger partial charge in [0.25, 0.3) is 7.82 Å². The summed E-state index contributed by atoms with van der Waals surface area (Å²) >= 11 is 0. The second-order valence-electron chi connectivity index (χ2n) is 25.8. The van der Waals surface area contributed by atoms with E-state index in [0.717, 1.165) is 0 Å². The Morgan fingerprint density at radius 1 is 0.441 bits per heavy atom. The third-order valence-electron chi connectivity index (χ3n) is 18.0. The molecule has 480 valence electrons. The maximum Gasteiger partial charge on any atom is 1.00 e. The van der Waals surface area contributed by atoms with Crippen LogP contribution in [0.1, 0.15) is 175 Å². The average molecular weight is 1360 g/mol. The van der Waals surface area contributed by atoms with Gasteiger partial charge in [0, 0.05) is 74.1 Å². The zero-order chi connectivity index (χ0) is 64.6. The Morgan fingerprint density at radius 3 is 0.849 bits per heavy atom. The molecule has 4 amide bonds. The van der Waals surface area contributed by atoms with Crippen LogP contribution in [0.2, 0.25) is 0 Å². The minimum Gasteiger partial charge on any atom is -0.870 e. The van der Waals surface area contributed by atoms with Crippen LogP contribution in [-0.2, 0) is 46.4 Å². The average Bonchev–Trinajstić information content (AvgIpc) is 1.50. The smallest absolute Gasteiger partial charge is 0.870 e. The second-order valence-corrected chi connectivity index (χ2v) is 28.5. The van der Waals surface area contributed by atoms with Gasteiger partial charge in [0.2, 0.25) is 23.6 Å². The number of phosphoric ester groups is 2.